The molecule has 1 atom stereocenters. The Hall–Kier alpha value is -0.520. The predicted molar refractivity (Wildman–Crippen MR) is 86.3 cm³/mol. The Morgan fingerprint density at radius 1 is 1.45 bits per heavy atom. The maximum absolute atomic E-state index is 11.4. The summed E-state index contributed by atoms with van der Waals surface area (Å²) in [6, 6.07) is 8.62. The largest absolute Gasteiger partial charge is 0.480 e. The summed E-state index contributed by atoms with van der Waals surface area (Å²) < 4.78 is 1.08. The van der Waals surface area contributed by atoms with Gasteiger partial charge in [-0.25, -0.2) is 0 Å². The zero-order valence-electron chi connectivity index (χ0n) is 11.6. The van der Waals surface area contributed by atoms with Gasteiger partial charge in [-0.1, -0.05) is 15.9 Å². The molecule has 20 heavy (non-hydrogen) atoms. The summed E-state index contributed by atoms with van der Waals surface area (Å²) in [6.07, 6.45) is 3.78. The molecule has 0 radical (unpaired) electrons. The van der Waals surface area contributed by atoms with Crippen LogP contribution in [0.1, 0.15) is 32.6 Å². The Kier molecular flexibility index (Phi) is 5.52. The molecule has 0 saturated heterocycles. The van der Waals surface area contributed by atoms with Crippen LogP contribution in [-0.4, -0.2) is 28.4 Å². The Labute approximate surface area is 132 Å². The maximum atomic E-state index is 11.4. The second kappa shape index (κ2) is 6.96. The first-order chi connectivity index (χ1) is 9.49. The Balaban J connectivity index is 1.75. The fraction of sp³-hybridized carbons (Fsp3) is 0.533. The van der Waals surface area contributed by atoms with Crippen LogP contribution in [0.5, 0.6) is 0 Å². The van der Waals surface area contributed by atoms with Gasteiger partial charge in [0.2, 0.25) is 0 Å². The molecule has 0 aliphatic heterocycles. The van der Waals surface area contributed by atoms with Crippen molar-refractivity contribution in [3.05, 3.63) is 28.7 Å². The fourth-order valence-electron chi connectivity index (χ4n) is 2.07. The van der Waals surface area contributed by atoms with Gasteiger partial charge in [0.1, 0.15) is 5.54 Å². The molecule has 1 aliphatic carbocycles. The summed E-state index contributed by atoms with van der Waals surface area (Å²) in [6.45, 7) is 1.80. The van der Waals surface area contributed by atoms with Crippen molar-refractivity contribution in [3.63, 3.8) is 0 Å². The zero-order valence-corrected chi connectivity index (χ0v) is 14.0. The number of hydrogen-bond donors (Lipinski definition) is 2. The number of rotatable bonds is 8. The molecular formula is C15H20BrNO2S. The monoisotopic (exact) mass is 357 g/mol. The molecular weight excluding hydrogens is 338 g/mol. The van der Waals surface area contributed by atoms with Gasteiger partial charge in [-0.3, -0.25) is 10.1 Å². The lowest BCUT2D eigenvalue weighted by atomic mass is 9.96. The lowest BCUT2D eigenvalue weighted by molar-refractivity contribution is -0.144. The second-order valence-corrected chi connectivity index (χ2v) is 7.55. The minimum Gasteiger partial charge on any atom is -0.480 e. The van der Waals surface area contributed by atoms with Gasteiger partial charge in [0, 0.05) is 15.4 Å². The van der Waals surface area contributed by atoms with Crippen LogP contribution >= 0.6 is 27.7 Å². The van der Waals surface area contributed by atoms with E-state index in [1.165, 1.54) is 4.90 Å². The van der Waals surface area contributed by atoms with Crippen LogP contribution in [-0.2, 0) is 4.79 Å². The normalized spacial score (nSPS) is 17.7. The van der Waals surface area contributed by atoms with Crippen LogP contribution in [0.3, 0.4) is 0 Å². The van der Waals surface area contributed by atoms with Gasteiger partial charge >= 0.3 is 5.97 Å². The molecule has 0 bridgehead atoms. The topological polar surface area (TPSA) is 49.3 Å². The van der Waals surface area contributed by atoms with E-state index < -0.39 is 11.5 Å². The van der Waals surface area contributed by atoms with E-state index in [4.69, 9.17) is 0 Å². The molecule has 2 N–H and O–H groups in total. The van der Waals surface area contributed by atoms with E-state index in [9.17, 15) is 9.90 Å². The highest BCUT2D eigenvalue weighted by molar-refractivity contribution is 9.10. The fourth-order valence-corrected chi connectivity index (χ4v) is 3.18. The molecule has 0 amide bonds. The van der Waals surface area contributed by atoms with Crippen molar-refractivity contribution in [2.75, 3.05) is 5.75 Å². The lowest BCUT2D eigenvalue weighted by Gasteiger charge is -2.26. The van der Waals surface area contributed by atoms with Crippen LogP contribution in [0.2, 0.25) is 0 Å². The van der Waals surface area contributed by atoms with Crippen LogP contribution in [0.25, 0.3) is 0 Å². The molecule has 1 fully saturated rings. The molecule has 5 heteroatoms. The summed E-state index contributed by atoms with van der Waals surface area (Å²) in [5.74, 6) is 0.203. The van der Waals surface area contributed by atoms with E-state index >= 15 is 0 Å². The standard InChI is InChI=1S/C15H20BrNO2S/c1-15(14(18)19,17-12-5-6-12)9-2-10-20-13-7-3-11(16)4-8-13/h3-4,7-8,12,17H,2,5-6,9-10H2,1H3,(H,18,19). The third-order valence-corrected chi connectivity index (χ3v) is 5.10. The number of thioether (sulfide) groups is 1. The third-order valence-electron chi connectivity index (χ3n) is 3.48. The highest BCUT2D eigenvalue weighted by atomic mass is 79.9. The minimum absolute atomic E-state index is 0.412. The lowest BCUT2D eigenvalue weighted by Crippen LogP contribution is -2.50. The first-order valence-electron chi connectivity index (χ1n) is 6.89. The number of carboxylic acids is 1. The maximum Gasteiger partial charge on any atom is 0.323 e. The predicted octanol–water partition coefficient (Wildman–Crippen LogP) is 3.92. The molecule has 1 aromatic carbocycles. The third kappa shape index (κ3) is 4.79. The Bertz CT molecular complexity index is 461. The average Bonchev–Trinajstić information content (AvgIpc) is 3.20. The summed E-state index contributed by atoms with van der Waals surface area (Å²) in [7, 11) is 0. The van der Waals surface area contributed by atoms with Crippen molar-refractivity contribution in [3.8, 4) is 0 Å². The summed E-state index contributed by atoms with van der Waals surface area (Å²) >= 11 is 5.19. The van der Waals surface area contributed by atoms with E-state index in [2.05, 4.69) is 33.4 Å². The highest BCUT2D eigenvalue weighted by Gasteiger charge is 2.37. The second-order valence-electron chi connectivity index (χ2n) is 5.46. The van der Waals surface area contributed by atoms with E-state index in [1.807, 2.05) is 12.1 Å². The number of hydrogen-bond acceptors (Lipinski definition) is 3. The minimum atomic E-state index is -0.776. The molecule has 1 unspecified atom stereocenters. The molecule has 1 saturated carbocycles. The van der Waals surface area contributed by atoms with E-state index in [-0.39, 0.29) is 0 Å². The van der Waals surface area contributed by atoms with Crippen LogP contribution in [0.4, 0.5) is 0 Å². The molecule has 1 aromatic rings. The Morgan fingerprint density at radius 3 is 2.65 bits per heavy atom. The number of halogens is 1. The van der Waals surface area contributed by atoms with Gasteiger partial charge in [0.15, 0.2) is 0 Å². The average molecular weight is 358 g/mol. The molecule has 0 spiro atoms. The van der Waals surface area contributed by atoms with Gasteiger partial charge < -0.3 is 5.11 Å². The number of nitrogens with one attached hydrogen (secondary N) is 1. The molecule has 1 aliphatic rings. The van der Waals surface area contributed by atoms with Crippen molar-refractivity contribution in [2.24, 2.45) is 0 Å². The van der Waals surface area contributed by atoms with Crippen molar-refractivity contribution >= 4 is 33.7 Å². The number of carbonyl (C=O) groups is 1. The summed E-state index contributed by atoms with van der Waals surface area (Å²) in [5, 5.41) is 12.6. The first-order valence-corrected chi connectivity index (χ1v) is 8.67. The summed E-state index contributed by atoms with van der Waals surface area (Å²) in [5.41, 5.74) is -0.776. The Morgan fingerprint density at radius 2 is 2.10 bits per heavy atom. The van der Waals surface area contributed by atoms with Gasteiger partial charge in [0.05, 0.1) is 0 Å². The molecule has 3 nitrogen and oxygen atoms in total. The van der Waals surface area contributed by atoms with Gasteiger partial charge in [-0.05, 0) is 62.6 Å². The number of aliphatic carboxylic acids is 1. The van der Waals surface area contributed by atoms with E-state index in [0.717, 1.165) is 29.5 Å². The van der Waals surface area contributed by atoms with Gasteiger partial charge in [-0.15, -0.1) is 11.8 Å². The van der Waals surface area contributed by atoms with Crippen molar-refractivity contribution in [1.29, 1.82) is 0 Å². The molecule has 2 rings (SSSR count). The molecule has 0 heterocycles. The van der Waals surface area contributed by atoms with Crippen molar-refractivity contribution < 1.29 is 9.90 Å². The first kappa shape index (κ1) is 15.9. The SMILES string of the molecule is CC(CCCSc1ccc(Br)cc1)(NC1CC1)C(=O)O. The van der Waals surface area contributed by atoms with Crippen LogP contribution < -0.4 is 5.32 Å². The van der Waals surface area contributed by atoms with Gasteiger partial charge in [0.25, 0.3) is 0 Å². The smallest absolute Gasteiger partial charge is 0.323 e. The molecule has 0 aromatic heterocycles. The molecule has 110 valence electrons. The van der Waals surface area contributed by atoms with E-state index in [1.54, 1.807) is 18.7 Å². The quantitative estimate of drug-likeness (QED) is 0.546. The van der Waals surface area contributed by atoms with Gasteiger partial charge in [-0.2, -0.15) is 0 Å². The highest BCUT2D eigenvalue weighted by Crippen LogP contribution is 2.27. The van der Waals surface area contributed by atoms with Crippen molar-refractivity contribution in [2.45, 2.75) is 49.1 Å². The number of benzene rings is 1. The van der Waals surface area contributed by atoms with Crippen LogP contribution in [0, 0.1) is 0 Å². The van der Waals surface area contributed by atoms with Crippen molar-refractivity contribution in [1.82, 2.24) is 5.32 Å². The van der Waals surface area contributed by atoms with E-state index in [0.29, 0.717) is 12.5 Å². The van der Waals surface area contributed by atoms with Crippen LogP contribution in [0.15, 0.2) is 33.6 Å². The summed E-state index contributed by atoms with van der Waals surface area (Å²) in [4.78, 5) is 12.6. The zero-order chi connectivity index (χ0) is 14.6. The number of carboxylic acid groups (broad SMARTS) is 1.